The molecule has 96 valence electrons. The molecule has 0 aliphatic heterocycles. The number of alkyl halides is 2. The van der Waals surface area contributed by atoms with E-state index in [0.29, 0.717) is 6.61 Å². The van der Waals surface area contributed by atoms with Crippen molar-refractivity contribution in [1.29, 1.82) is 0 Å². The average Bonchev–Trinajstić information content (AvgIpc) is 2.19. The molecule has 0 aromatic rings. The maximum absolute atomic E-state index is 11.8. The molecule has 0 amide bonds. The molecule has 0 saturated heterocycles. The van der Waals surface area contributed by atoms with Gasteiger partial charge in [0.1, 0.15) is 6.61 Å². The van der Waals surface area contributed by atoms with Crippen LogP contribution in [0.15, 0.2) is 12.2 Å². The summed E-state index contributed by atoms with van der Waals surface area (Å²) >= 11 is 0. The van der Waals surface area contributed by atoms with Gasteiger partial charge in [-0.1, -0.05) is 12.5 Å². The maximum Gasteiger partial charge on any atom is 0.261 e. The van der Waals surface area contributed by atoms with Crippen LogP contribution in [0.4, 0.5) is 8.78 Å². The van der Waals surface area contributed by atoms with Gasteiger partial charge in [-0.15, -0.1) is 6.58 Å². The Kier molecular flexibility index (Phi) is 9.43. The fourth-order valence-corrected chi connectivity index (χ4v) is 1.44. The van der Waals surface area contributed by atoms with Crippen molar-refractivity contribution in [2.45, 2.75) is 45.6 Å². The van der Waals surface area contributed by atoms with E-state index in [9.17, 15) is 8.78 Å². The van der Waals surface area contributed by atoms with Crippen LogP contribution in [0.1, 0.15) is 33.1 Å². The average molecular weight is 235 g/mol. The Balaban J connectivity index is 3.68. The lowest BCUT2D eigenvalue weighted by molar-refractivity contribution is 0.0144. The topological polar surface area (TPSA) is 21.3 Å². The number of hydrogen-bond donors (Lipinski definition) is 1. The highest BCUT2D eigenvalue weighted by atomic mass is 19.3. The molecule has 1 unspecified atom stereocenters. The molecule has 0 aromatic carbocycles. The number of ether oxygens (including phenoxy) is 1. The van der Waals surface area contributed by atoms with Gasteiger partial charge in [-0.3, -0.25) is 0 Å². The largest absolute Gasteiger partial charge is 0.375 e. The van der Waals surface area contributed by atoms with Gasteiger partial charge in [0.2, 0.25) is 0 Å². The summed E-state index contributed by atoms with van der Waals surface area (Å²) in [4.78, 5) is 0. The van der Waals surface area contributed by atoms with E-state index in [0.717, 1.165) is 31.4 Å². The fourth-order valence-electron chi connectivity index (χ4n) is 1.44. The second kappa shape index (κ2) is 9.73. The first-order valence-electron chi connectivity index (χ1n) is 5.79. The lowest BCUT2D eigenvalue weighted by atomic mass is 10.1. The molecule has 2 nitrogen and oxygen atoms in total. The van der Waals surface area contributed by atoms with Crippen LogP contribution in [0.25, 0.3) is 0 Å². The van der Waals surface area contributed by atoms with Crippen LogP contribution < -0.4 is 5.32 Å². The predicted molar refractivity (Wildman–Crippen MR) is 63.0 cm³/mol. The van der Waals surface area contributed by atoms with Crippen LogP contribution in [0.5, 0.6) is 0 Å². The van der Waals surface area contributed by atoms with E-state index >= 15 is 0 Å². The van der Waals surface area contributed by atoms with Crippen LogP contribution in [0.2, 0.25) is 0 Å². The monoisotopic (exact) mass is 235 g/mol. The zero-order valence-electron chi connectivity index (χ0n) is 10.3. The van der Waals surface area contributed by atoms with E-state index in [1.54, 1.807) is 0 Å². The van der Waals surface area contributed by atoms with E-state index in [-0.39, 0.29) is 6.04 Å². The van der Waals surface area contributed by atoms with Gasteiger partial charge in [-0.2, -0.15) is 0 Å². The molecule has 0 heterocycles. The number of nitrogens with one attached hydrogen (secondary N) is 1. The van der Waals surface area contributed by atoms with Gasteiger partial charge in [0.05, 0.1) is 0 Å². The van der Waals surface area contributed by atoms with Crippen molar-refractivity contribution in [3.05, 3.63) is 12.2 Å². The molecule has 0 bridgehead atoms. The van der Waals surface area contributed by atoms with Crippen molar-refractivity contribution in [2.24, 2.45) is 0 Å². The first-order chi connectivity index (χ1) is 7.56. The summed E-state index contributed by atoms with van der Waals surface area (Å²) in [5, 5.41) is 3.36. The summed E-state index contributed by atoms with van der Waals surface area (Å²) in [6.45, 7) is 8.77. The van der Waals surface area contributed by atoms with Gasteiger partial charge in [0, 0.05) is 12.6 Å². The summed E-state index contributed by atoms with van der Waals surface area (Å²) in [5.41, 5.74) is 1.10. The van der Waals surface area contributed by atoms with Crippen LogP contribution in [-0.4, -0.2) is 32.2 Å². The second-order valence-corrected chi connectivity index (χ2v) is 4.07. The molecule has 1 atom stereocenters. The van der Waals surface area contributed by atoms with Crippen molar-refractivity contribution in [1.82, 2.24) is 5.32 Å². The van der Waals surface area contributed by atoms with Gasteiger partial charge in [-0.05, 0) is 32.7 Å². The van der Waals surface area contributed by atoms with Gasteiger partial charge in [0.25, 0.3) is 6.43 Å². The van der Waals surface area contributed by atoms with Gasteiger partial charge in [-0.25, -0.2) is 8.78 Å². The summed E-state index contributed by atoms with van der Waals surface area (Å²) < 4.78 is 28.5. The second-order valence-electron chi connectivity index (χ2n) is 4.07. The quantitative estimate of drug-likeness (QED) is 0.464. The highest BCUT2D eigenvalue weighted by molar-refractivity contribution is 4.92. The molecule has 0 aliphatic carbocycles. The Hall–Kier alpha value is -0.480. The molecule has 0 aliphatic rings. The first-order valence-corrected chi connectivity index (χ1v) is 5.79. The smallest absolute Gasteiger partial charge is 0.261 e. The van der Waals surface area contributed by atoms with Crippen LogP contribution in [0, 0.1) is 0 Å². The van der Waals surface area contributed by atoms with Gasteiger partial charge >= 0.3 is 0 Å². The lowest BCUT2D eigenvalue weighted by Crippen LogP contribution is -2.31. The molecule has 0 rings (SSSR count). The van der Waals surface area contributed by atoms with Crippen LogP contribution in [-0.2, 0) is 4.74 Å². The van der Waals surface area contributed by atoms with E-state index < -0.39 is 13.0 Å². The third-order valence-corrected chi connectivity index (χ3v) is 2.13. The molecule has 0 spiro atoms. The lowest BCUT2D eigenvalue weighted by Gasteiger charge is -2.18. The highest BCUT2D eigenvalue weighted by Crippen LogP contribution is 2.06. The molecule has 16 heavy (non-hydrogen) atoms. The van der Waals surface area contributed by atoms with E-state index in [1.165, 1.54) is 0 Å². The Morgan fingerprint density at radius 2 is 2.12 bits per heavy atom. The molecule has 0 aromatic heterocycles. The molecular formula is C12H23F2NO. The molecule has 1 N–H and O–H groups in total. The SMILES string of the molecule is C=C(C)CC(CCOCC(F)F)NCCC. The summed E-state index contributed by atoms with van der Waals surface area (Å²) in [6, 6.07) is 0.287. The number of halogens is 2. The Labute approximate surface area is 97.1 Å². The van der Waals surface area contributed by atoms with Crippen molar-refractivity contribution in [3.8, 4) is 0 Å². The minimum Gasteiger partial charge on any atom is -0.375 e. The molecule has 4 heteroatoms. The molecule has 0 fully saturated rings. The van der Waals surface area contributed by atoms with E-state index in [2.05, 4.69) is 18.8 Å². The normalized spacial score (nSPS) is 13.1. The third kappa shape index (κ3) is 10.1. The van der Waals surface area contributed by atoms with Crippen molar-refractivity contribution < 1.29 is 13.5 Å². The van der Waals surface area contributed by atoms with E-state index in [1.807, 2.05) is 6.92 Å². The Bertz CT molecular complexity index is 186. The Morgan fingerprint density at radius 3 is 2.62 bits per heavy atom. The Morgan fingerprint density at radius 1 is 1.44 bits per heavy atom. The zero-order valence-corrected chi connectivity index (χ0v) is 10.3. The highest BCUT2D eigenvalue weighted by Gasteiger charge is 2.08. The van der Waals surface area contributed by atoms with Crippen molar-refractivity contribution in [2.75, 3.05) is 19.8 Å². The predicted octanol–water partition coefficient (Wildman–Crippen LogP) is 2.99. The van der Waals surface area contributed by atoms with Gasteiger partial charge in [0.15, 0.2) is 0 Å². The number of hydrogen-bond acceptors (Lipinski definition) is 2. The van der Waals surface area contributed by atoms with Crippen molar-refractivity contribution >= 4 is 0 Å². The van der Waals surface area contributed by atoms with Crippen LogP contribution >= 0.6 is 0 Å². The standard InChI is InChI=1S/C12H23F2NO/c1-4-6-15-11(8-10(2)3)5-7-16-9-12(13)14/h11-12,15H,2,4-9H2,1,3H3. The summed E-state index contributed by atoms with van der Waals surface area (Å²) in [5.74, 6) is 0. The third-order valence-electron chi connectivity index (χ3n) is 2.13. The zero-order chi connectivity index (χ0) is 12.4. The minimum absolute atomic E-state index is 0.287. The minimum atomic E-state index is -2.37. The van der Waals surface area contributed by atoms with Crippen molar-refractivity contribution in [3.63, 3.8) is 0 Å². The first kappa shape index (κ1) is 15.5. The molecule has 0 saturated carbocycles. The van der Waals surface area contributed by atoms with Crippen LogP contribution in [0.3, 0.4) is 0 Å². The number of rotatable bonds is 10. The fraction of sp³-hybridized carbons (Fsp3) is 0.833. The summed E-state index contributed by atoms with van der Waals surface area (Å²) in [7, 11) is 0. The molecular weight excluding hydrogens is 212 g/mol. The summed E-state index contributed by atoms with van der Waals surface area (Å²) in [6.07, 6.45) is 0.311. The molecule has 0 radical (unpaired) electrons. The maximum atomic E-state index is 11.8. The van der Waals surface area contributed by atoms with E-state index in [4.69, 9.17) is 4.74 Å². The van der Waals surface area contributed by atoms with Gasteiger partial charge < -0.3 is 10.1 Å².